The van der Waals surface area contributed by atoms with Gasteiger partial charge in [0.2, 0.25) is 0 Å². The van der Waals surface area contributed by atoms with Crippen molar-refractivity contribution in [3.05, 3.63) is 0 Å². The molecular weight excluding hydrogens is 237 g/mol. The molecular formula is C12H23NSe. The molecule has 1 atom stereocenters. The van der Waals surface area contributed by atoms with E-state index in [2.05, 4.69) is 18.8 Å². The van der Waals surface area contributed by atoms with Gasteiger partial charge in [-0.2, -0.15) is 0 Å². The Kier molecular flexibility index (Phi) is 11.1. The van der Waals surface area contributed by atoms with Crippen LogP contribution in [0.5, 0.6) is 0 Å². The van der Waals surface area contributed by atoms with Gasteiger partial charge in [0.15, 0.2) is 0 Å². The van der Waals surface area contributed by atoms with Crippen molar-refractivity contribution in [3.63, 3.8) is 0 Å². The van der Waals surface area contributed by atoms with E-state index in [1.807, 2.05) is 0 Å². The molecule has 0 aliphatic rings. The van der Waals surface area contributed by atoms with Gasteiger partial charge in [0, 0.05) is 0 Å². The maximum atomic E-state index is 8.51. The van der Waals surface area contributed by atoms with Gasteiger partial charge in [0.1, 0.15) is 0 Å². The van der Waals surface area contributed by atoms with Crippen molar-refractivity contribution in [2.45, 2.75) is 70.0 Å². The molecule has 2 heteroatoms. The van der Waals surface area contributed by atoms with Crippen LogP contribution >= 0.6 is 0 Å². The molecule has 1 unspecified atom stereocenters. The van der Waals surface area contributed by atoms with E-state index >= 15 is 0 Å². The van der Waals surface area contributed by atoms with Gasteiger partial charge < -0.3 is 0 Å². The molecule has 0 aromatic heterocycles. The van der Waals surface area contributed by atoms with E-state index in [0.717, 1.165) is 0 Å². The number of hydrogen-bond donors (Lipinski definition) is 0. The van der Waals surface area contributed by atoms with E-state index in [1.54, 1.807) is 0 Å². The standard InChI is InChI=1S/C12H23NSe/c1-3-4-5-6-7-8-9-10-12(2)14-11-13/h12H,3-10H2,1-2H3. The molecule has 0 fully saturated rings. The summed E-state index contributed by atoms with van der Waals surface area (Å²) in [6, 6.07) is 0. The second-order valence-electron chi connectivity index (χ2n) is 3.93. The molecule has 0 aliphatic heterocycles. The first-order chi connectivity index (χ1) is 6.81. The molecule has 0 bridgehead atoms. The number of unbranched alkanes of at least 4 members (excludes halogenated alkanes) is 6. The number of nitriles is 1. The zero-order valence-corrected chi connectivity index (χ0v) is 11.3. The Labute approximate surface area is 95.4 Å². The SMILES string of the molecule is CCCCCCCCCC(C)[Se]C#N. The summed E-state index contributed by atoms with van der Waals surface area (Å²) < 4.78 is 0. The zero-order chi connectivity index (χ0) is 10.6. The summed E-state index contributed by atoms with van der Waals surface area (Å²) in [6.45, 7) is 4.46. The first-order valence-electron chi connectivity index (χ1n) is 5.86. The van der Waals surface area contributed by atoms with Gasteiger partial charge in [-0.15, -0.1) is 0 Å². The van der Waals surface area contributed by atoms with Crippen LogP contribution in [0.15, 0.2) is 0 Å². The maximum absolute atomic E-state index is 8.51. The van der Waals surface area contributed by atoms with Crippen molar-refractivity contribution in [2.24, 2.45) is 0 Å². The fraction of sp³-hybridized carbons (Fsp3) is 0.917. The Morgan fingerprint density at radius 3 is 2.21 bits per heavy atom. The average Bonchev–Trinajstić information content (AvgIpc) is 2.17. The van der Waals surface area contributed by atoms with E-state index in [1.165, 1.54) is 51.4 Å². The fourth-order valence-electron chi connectivity index (χ4n) is 1.54. The Bertz CT molecular complexity index is 151. The van der Waals surface area contributed by atoms with Crippen LogP contribution in [-0.4, -0.2) is 15.0 Å². The summed E-state index contributed by atoms with van der Waals surface area (Å²) in [6.07, 6.45) is 10.9. The van der Waals surface area contributed by atoms with Crippen molar-refractivity contribution in [1.82, 2.24) is 0 Å². The summed E-state index contributed by atoms with van der Waals surface area (Å²) in [5.41, 5.74) is 0. The van der Waals surface area contributed by atoms with E-state index in [-0.39, 0.29) is 15.0 Å². The van der Waals surface area contributed by atoms with Crippen LogP contribution in [0.2, 0.25) is 4.82 Å². The Hall–Kier alpha value is 0.00948. The molecule has 0 aliphatic carbocycles. The van der Waals surface area contributed by atoms with Gasteiger partial charge in [0.25, 0.3) is 0 Å². The van der Waals surface area contributed by atoms with Crippen LogP contribution in [0, 0.1) is 10.2 Å². The van der Waals surface area contributed by atoms with Crippen molar-refractivity contribution in [1.29, 1.82) is 5.26 Å². The first-order valence-corrected chi connectivity index (χ1v) is 7.70. The van der Waals surface area contributed by atoms with Gasteiger partial charge >= 0.3 is 95.2 Å². The number of nitrogens with zero attached hydrogens (tertiary/aromatic N) is 1. The van der Waals surface area contributed by atoms with E-state index in [0.29, 0.717) is 4.82 Å². The van der Waals surface area contributed by atoms with E-state index in [4.69, 9.17) is 5.26 Å². The van der Waals surface area contributed by atoms with Crippen LogP contribution < -0.4 is 0 Å². The molecule has 0 amide bonds. The van der Waals surface area contributed by atoms with Crippen molar-refractivity contribution in [3.8, 4) is 4.97 Å². The molecule has 0 aromatic carbocycles. The van der Waals surface area contributed by atoms with E-state index in [9.17, 15) is 0 Å². The zero-order valence-electron chi connectivity index (χ0n) is 9.59. The molecule has 0 heterocycles. The van der Waals surface area contributed by atoms with Gasteiger partial charge in [-0.25, -0.2) is 0 Å². The third kappa shape index (κ3) is 10.1. The molecule has 0 saturated carbocycles. The Balaban J connectivity index is 3.02. The van der Waals surface area contributed by atoms with E-state index < -0.39 is 0 Å². The monoisotopic (exact) mass is 261 g/mol. The Morgan fingerprint density at radius 1 is 1.07 bits per heavy atom. The summed E-state index contributed by atoms with van der Waals surface area (Å²) in [7, 11) is 0. The summed E-state index contributed by atoms with van der Waals surface area (Å²) in [5.74, 6) is 0. The molecule has 0 spiro atoms. The normalized spacial score (nSPS) is 12.4. The third-order valence-corrected chi connectivity index (χ3v) is 4.03. The molecule has 14 heavy (non-hydrogen) atoms. The molecule has 0 rings (SSSR count). The predicted octanol–water partition coefficient (Wildman–Crippen LogP) is 4.12. The molecule has 1 nitrogen and oxygen atoms in total. The van der Waals surface area contributed by atoms with Crippen molar-refractivity contribution >= 4 is 15.0 Å². The molecule has 0 N–H and O–H groups in total. The van der Waals surface area contributed by atoms with Crippen LogP contribution in [0.3, 0.4) is 0 Å². The molecule has 0 saturated heterocycles. The van der Waals surface area contributed by atoms with Gasteiger partial charge in [-0.3, -0.25) is 0 Å². The average molecular weight is 260 g/mol. The van der Waals surface area contributed by atoms with Crippen LogP contribution in [0.4, 0.5) is 0 Å². The van der Waals surface area contributed by atoms with Gasteiger partial charge in [-0.1, -0.05) is 0 Å². The minimum absolute atomic E-state index is 0.224. The topological polar surface area (TPSA) is 23.8 Å². The predicted molar refractivity (Wildman–Crippen MR) is 63.4 cm³/mol. The van der Waals surface area contributed by atoms with Gasteiger partial charge in [-0.05, 0) is 0 Å². The molecule has 82 valence electrons. The first kappa shape index (κ1) is 14.0. The van der Waals surface area contributed by atoms with Crippen LogP contribution in [0.25, 0.3) is 0 Å². The Morgan fingerprint density at radius 2 is 1.64 bits per heavy atom. The fourth-order valence-corrected chi connectivity index (χ4v) is 2.51. The minimum atomic E-state index is 0.224. The van der Waals surface area contributed by atoms with Crippen molar-refractivity contribution in [2.75, 3.05) is 0 Å². The number of hydrogen-bond acceptors (Lipinski definition) is 1. The quantitative estimate of drug-likeness (QED) is 0.452. The van der Waals surface area contributed by atoms with Crippen LogP contribution in [0.1, 0.15) is 65.2 Å². The third-order valence-electron chi connectivity index (χ3n) is 2.47. The summed E-state index contributed by atoms with van der Waals surface area (Å²) in [5, 5.41) is 8.51. The van der Waals surface area contributed by atoms with Crippen LogP contribution in [-0.2, 0) is 0 Å². The second kappa shape index (κ2) is 11.1. The second-order valence-corrected chi connectivity index (χ2v) is 6.50. The summed E-state index contributed by atoms with van der Waals surface area (Å²) >= 11 is 0.224. The summed E-state index contributed by atoms with van der Waals surface area (Å²) in [4.78, 5) is 2.97. The van der Waals surface area contributed by atoms with Gasteiger partial charge in [0.05, 0.1) is 0 Å². The molecule has 0 radical (unpaired) electrons. The number of rotatable bonds is 9. The molecule has 0 aromatic rings. The van der Waals surface area contributed by atoms with Crippen molar-refractivity contribution < 1.29 is 0 Å².